The van der Waals surface area contributed by atoms with Gasteiger partial charge in [0.2, 0.25) is 0 Å². The van der Waals surface area contributed by atoms with Crippen LogP contribution in [0.25, 0.3) is 0 Å². The van der Waals surface area contributed by atoms with Crippen LogP contribution in [-0.2, 0) is 0 Å². The highest BCUT2D eigenvalue weighted by Crippen LogP contribution is 1.91. The molecule has 1 aromatic rings. The molecule has 6 heavy (non-hydrogen) atoms. The Hall–Kier alpha value is 0.232. The maximum atomic E-state index is 2.04. The van der Waals surface area contributed by atoms with E-state index in [1.807, 2.05) is 22.9 Å². The van der Waals surface area contributed by atoms with Crippen LogP contribution in [0.15, 0.2) is 22.9 Å². The first-order chi connectivity index (χ1) is 2.50. The lowest BCUT2D eigenvalue weighted by atomic mass is 10.7. The number of rotatable bonds is 0. The molecular formula is C4H4AlS. The SMILES string of the molecule is [Al].c1ccsc1. The summed E-state index contributed by atoms with van der Waals surface area (Å²) >= 11 is 1.71. The van der Waals surface area contributed by atoms with Crippen molar-refractivity contribution in [2.24, 2.45) is 0 Å². The van der Waals surface area contributed by atoms with Crippen LogP contribution in [0.4, 0.5) is 0 Å². The van der Waals surface area contributed by atoms with Gasteiger partial charge in [-0.25, -0.2) is 0 Å². The molecule has 3 radical (unpaired) electrons. The van der Waals surface area contributed by atoms with Gasteiger partial charge in [-0.3, -0.25) is 0 Å². The summed E-state index contributed by atoms with van der Waals surface area (Å²) in [6, 6.07) is 4.04. The van der Waals surface area contributed by atoms with Crippen LogP contribution < -0.4 is 0 Å². The van der Waals surface area contributed by atoms with Gasteiger partial charge in [0.1, 0.15) is 0 Å². The van der Waals surface area contributed by atoms with Gasteiger partial charge in [0.15, 0.2) is 0 Å². The minimum Gasteiger partial charge on any atom is -0.152 e. The topological polar surface area (TPSA) is 0 Å². The molecule has 0 aliphatic heterocycles. The van der Waals surface area contributed by atoms with Gasteiger partial charge in [0, 0.05) is 17.4 Å². The summed E-state index contributed by atoms with van der Waals surface area (Å²) in [5.74, 6) is 0. The molecule has 0 bridgehead atoms. The second kappa shape index (κ2) is 3.42. The Morgan fingerprint density at radius 2 is 1.50 bits per heavy atom. The molecule has 0 N–H and O–H groups in total. The van der Waals surface area contributed by atoms with Gasteiger partial charge in [0.25, 0.3) is 0 Å². The van der Waals surface area contributed by atoms with Gasteiger partial charge in [0.05, 0.1) is 0 Å². The van der Waals surface area contributed by atoms with Gasteiger partial charge >= 0.3 is 0 Å². The molecule has 1 rings (SSSR count). The predicted octanol–water partition coefficient (Wildman–Crippen LogP) is 1.37. The Labute approximate surface area is 51.9 Å². The normalized spacial score (nSPS) is 6.67. The van der Waals surface area contributed by atoms with E-state index in [2.05, 4.69) is 0 Å². The van der Waals surface area contributed by atoms with E-state index in [1.54, 1.807) is 11.3 Å². The predicted molar refractivity (Wildman–Crippen MR) is 30.1 cm³/mol. The molecule has 0 fully saturated rings. The molecule has 0 saturated carbocycles. The van der Waals surface area contributed by atoms with Crippen LogP contribution in [-0.4, -0.2) is 17.4 Å². The molecule has 0 nitrogen and oxygen atoms in total. The van der Waals surface area contributed by atoms with Crippen molar-refractivity contribution in [2.75, 3.05) is 0 Å². The molecule has 0 unspecified atom stereocenters. The zero-order chi connectivity index (χ0) is 3.54. The molecule has 0 aliphatic carbocycles. The second-order valence-corrected chi connectivity index (χ2v) is 1.61. The summed E-state index contributed by atoms with van der Waals surface area (Å²) < 4.78 is 0. The number of thiophene rings is 1. The van der Waals surface area contributed by atoms with E-state index in [4.69, 9.17) is 0 Å². The van der Waals surface area contributed by atoms with Crippen molar-refractivity contribution in [3.63, 3.8) is 0 Å². The maximum Gasteiger partial charge on any atom is 0 e. The van der Waals surface area contributed by atoms with E-state index in [0.29, 0.717) is 0 Å². The Bertz CT molecular complexity index is 64.0. The van der Waals surface area contributed by atoms with Crippen molar-refractivity contribution >= 4 is 28.7 Å². The van der Waals surface area contributed by atoms with Crippen LogP contribution in [0.5, 0.6) is 0 Å². The van der Waals surface area contributed by atoms with E-state index in [-0.39, 0.29) is 17.4 Å². The highest BCUT2D eigenvalue weighted by atomic mass is 32.1. The first kappa shape index (κ1) is 6.23. The molecule has 0 amide bonds. The third-order valence-electron chi connectivity index (χ3n) is 0.425. The minimum absolute atomic E-state index is 0. The van der Waals surface area contributed by atoms with Gasteiger partial charge in [-0.15, -0.1) is 0 Å². The number of hydrogen-bond acceptors (Lipinski definition) is 1. The van der Waals surface area contributed by atoms with Crippen molar-refractivity contribution in [3.05, 3.63) is 22.9 Å². The lowest BCUT2D eigenvalue weighted by Gasteiger charge is -1.39. The van der Waals surface area contributed by atoms with Crippen LogP contribution >= 0.6 is 11.3 Å². The van der Waals surface area contributed by atoms with E-state index in [1.165, 1.54) is 0 Å². The van der Waals surface area contributed by atoms with Crippen LogP contribution in [0.1, 0.15) is 0 Å². The quantitative estimate of drug-likeness (QED) is 0.443. The molecule has 1 heterocycles. The average Bonchev–Trinajstić information content (AvgIpc) is 1.76. The van der Waals surface area contributed by atoms with Crippen molar-refractivity contribution in [1.29, 1.82) is 0 Å². The van der Waals surface area contributed by atoms with Crippen molar-refractivity contribution < 1.29 is 0 Å². The summed E-state index contributed by atoms with van der Waals surface area (Å²) in [6.07, 6.45) is 0. The molecule has 0 aliphatic rings. The fourth-order valence-electron chi connectivity index (χ4n) is 0.227. The first-order valence-corrected chi connectivity index (χ1v) is 2.41. The highest BCUT2D eigenvalue weighted by molar-refractivity contribution is 7.07. The van der Waals surface area contributed by atoms with Crippen LogP contribution in [0, 0.1) is 0 Å². The van der Waals surface area contributed by atoms with Crippen molar-refractivity contribution in [1.82, 2.24) is 0 Å². The third kappa shape index (κ3) is 1.62. The Morgan fingerprint density at radius 3 is 1.67 bits per heavy atom. The molecule has 2 heteroatoms. The molecule has 1 aromatic heterocycles. The average molecular weight is 111 g/mol. The molecule has 0 saturated heterocycles. The molecule has 29 valence electrons. The summed E-state index contributed by atoms with van der Waals surface area (Å²) in [4.78, 5) is 0. The second-order valence-electron chi connectivity index (χ2n) is 0.793. The largest absolute Gasteiger partial charge is 0.152 e. The van der Waals surface area contributed by atoms with E-state index < -0.39 is 0 Å². The lowest BCUT2D eigenvalue weighted by molar-refractivity contribution is 2.03. The van der Waals surface area contributed by atoms with Crippen LogP contribution in [0.2, 0.25) is 0 Å². The molecular weight excluding hydrogens is 107 g/mol. The Balaban J connectivity index is 0.000000250. The smallest absolute Gasteiger partial charge is 0 e. The molecule has 0 aromatic carbocycles. The fraction of sp³-hybridized carbons (Fsp3) is 0. The maximum absolute atomic E-state index is 2.04. The first-order valence-electron chi connectivity index (χ1n) is 1.47. The van der Waals surface area contributed by atoms with E-state index in [9.17, 15) is 0 Å². The zero-order valence-corrected chi connectivity index (χ0v) is 5.27. The van der Waals surface area contributed by atoms with E-state index >= 15 is 0 Å². The van der Waals surface area contributed by atoms with Gasteiger partial charge in [-0.05, 0) is 10.8 Å². The highest BCUT2D eigenvalue weighted by Gasteiger charge is 1.58. The third-order valence-corrected chi connectivity index (χ3v) is 1.05. The molecule has 0 spiro atoms. The summed E-state index contributed by atoms with van der Waals surface area (Å²) in [6.45, 7) is 0. The summed E-state index contributed by atoms with van der Waals surface area (Å²) in [5.41, 5.74) is 0. The summed E-state index contributed by atoms with van der Waals surface area (Å²) in [5, 5.41) is 4.08. The van der Waals surface area contributed by atoms with Crippen molar-refractivity contribution in [3.8, 4) is 0 Å². The van der Waals surface area contributed by atoms with Gasteiger partial charge in [-0.2, -0.15) is 11.3 Å². The summed E-state index contributed by atoms with van der Waals surface area (Å²) in [7, 11) is 0. The van der Waals surface area contributed by atoms with Crippen LogP contribution in [0.3, 0.4) is 0 Å². The monoisotopic (exact) mass is 111 g/mol. The Kier molecular flexibility index (Phi) is 3.56. The standard InChI is InChI=1S/C4H4S.Al/c1-2-4-5-3-1;/h1-4H;. The number of hydrogen-bond donors (Lipinski definition) is 0. The minimum atomic E-state index is 0. The van der Waals surface area contributed by atoms with Gasteiger partial charge < -0.3 is 0 Å². The fourth-order valence-corrected chi connectivity index (χ4v) is 0.680. The molecule has 0 atom stereocenters. The Morgan fingerprint density at radius 1 is 1.00 bits per heavy atom. The van der Waals surface area contributed by atoms with E-state index in [0.717, 1.165) is 0 Å². The lowest BCUT2D eigenvalue weighted by Crippen LogP contribution is -1.16. The zero-order valence-electron chi connectivity index (χ0n) is 3.29. The van der Waals surface area contributed by atoms with Gasteiger partial charge in [-0.1, -0.05) is 12.1 Å². The van der Waals surface area contributed by atoms with Crippen molar-refractivity contribution in [2.45, 2.75) is 0 Å².